The van der Waals surface area contributed by atoms with Gasteiger partial charge in [-0.3, -0.25) is 10.1 Å². The molecule has 160 valence electrons. The molecule has 0 radical (unpaired) electrons. The number of aromatic nitrogens is 2. The van der Waals surface area contributed by atoms with Crippen LogP contribution >= 0.6 is 11.3 Å². The Morgan fingerprint density at radius 2 is 1.91 bits per heavy atom. The van der Waals surface area contributed by atoms with Crippen LogP contribution in [-0.2, 0) is 13.0 Å². The Balaban J connectivity index is 1.33. The zero-order chi connectivity index (χ0) is 22.5. The maximum absolute atomic E-state index is 12.6. The fourth-order valence-corrected chi connectivity index (χ4v) is 3.92. The summed E-state index contributed by atoms with van der Waals surface area (Å²) in [7, 11) is 0. The first kappa shape index (κ1) is 21.3. The lowest BCUT2D eigenvalue weighted by molar-refractivity contribution is 0.102. The van der Waals surface area contributed by atoms with E-state index in [9.17, 15) is 4.79 Å². The third kappa shape index (κ3) is 5.02. The van der Waals surface area contributed by atoms with Crippen molar-refractivity contribution in [1.29, 1.82) is 5.26 Å². The maximum Gasteiger partial charge on any atom is 0.257 e. The zero-order valence-corrected chi connectivity index (χ0v) is 18.4. The van der Waals surface area contributed by atoms with Crippen molar-refractivity contribution in [1.82, 2.24) is 10.1 Å². The lowest BCUT2D eigenvalue weighted by Gasteiger charge is -2.07. The fourth-order valence-electron chi connectivity index (χ4n) is 3.08. The highest BCUT2D eigenvalue weighted by Gasteiger charge is 2.12. The third-order valence-electron chi connectivity index (χ3n) is 4.92. The third-order valence-corrected chi connectivity index (χ3v) is 5.83. The molecule has 0 aliphatic heterocycles. The summed E-state index contributed by atoms with van der Waals surface area (Å²) in [5, 5.41) is 16.2. The van der Waals surface area contributed by atoms with Crippen LogP contribution < -0.4 is 10.1 Å². The van der Waals surface area contributed by atoms with Crippen LogP contribution in [0.25, 0.3) is 0 Å². The fraction of sp³-hybridized carbons (Fsp3) is 0.167. The predicted octanol–water partition coefficient (Wildman–Crippen LogP) is 5.04. The van der Waals surface area contributed by atoms with Crippen LogP contribution in [0.2, 0.25) is 0 Å². The smallest absolute Gasteiger partial charge is 0.257 e. The molecule has 2 heterocycles. The molecule has 4 rings (SSSR count). The van der Waals surface area contributed by atoms with E-state index in [1.54, 1.807) is 42.6 Å². The second-order valence-electron chi connectivity index (χ2n) is 7.19. The standard InChI is InChI=1S/C24H20N4O3S/c1-15-22(16(2)31-28-15)14-30-20-9-7-19(8-10-20)23(29)27-24-26-13-21(32-24)11-17-3-5-18(12-25)6-4-17/h3-10,13H,11,14H2,1-2H3,(H,26,27,29). The summed E-state index contributed by atoms with van der Waals surface area (Å²) in [6.07, 6.45) is 2.44. The number of thiazole rings is 1. The Morgan fingerprint density at radius 3 is 2.56 bits per heavy atom. The van der Waals surface area contributed by atoms with Crippen LogP contribution in [0.15, 0.2) is 59.3 Å². The van der Waals surface area contributed by atoms with Gasteiger partial charge in [-0.25, -0.2) is 4.98 Å². The predicted molar refractivity (Wildman–Crippen MR) is 121 cm³/mol. The van der Waals surface area contributed by atoms with Gasteiger partial charge in [0.1, 0.15) is 18.1 Å². The summed E-state index contributed by atoms with van der Waals surface area (Å²) < 4.78 is 10.9. The molecule has 0 spiro atoms. The molecule has 8 heteroatoms. The average molecular weight is 445 g/mol. The molecule has 0 aliphatic rings. The number of aryl methyl sites for hydroxylation is 2. The van der Waals surface area contributed by atoms with Crippen molar-refractivity contribution in [3.63, 3.8) is 0 Å². The van der Waals surface area contributed by atoms with Crippen LogP contribution in [-0.4, -0.2) is 16.0 Å². The van der Waals surface area contributed by atoms with Gasteiger partial charge in [-0.05, 0) is 55.8 Å². The van der Waals surface area contributed by atoms with Gasteiger partial charge in [-0.15, -0.1) is 11.3 Å². The van der Waals surface area contributed by atoms with Crippen LogP contribution in [0.3, 0.4) is 0 Å². The quantitative estimate of drug-likeness (QED) is 0.428. The number of anilines is 1. The summed E-state index contributed by atoms with van der Waals surface area (Å²) in [4.78, 5) is 17.9. The Hall–Kier alpha value is -3.96. The van der Waals surface area contributed by atoms with E-state index in [2.05, 4.69) is 21.5 Å². The van der Waals surface area contributed by atoms with E-state index in [1.807, 2.05) is 26.0 Å². The van der Waals surface area contributed by atoms with Gasteiger partial charge in [0.2, 0.25) is 0 Å². The molecule has 2 aromatic carbocycles. The van der Waals surface area contributed by atoms with Crippen molar-refractivity contribution in [2.45, 2.75) is 26.9 Å². The minimum atomic E-state index is -0.235. The number of ether oxygens (including phenoxy) is 1. The molecular weight excluding hydrogens is 424 g/mol. The van der Waals surface area contributed by atoms with E-state index >= 15 is 0 Å². The molecule has 0 aliphatic carbocycles. The summed E-state index contributed by atoms with van der Waals surface area (Å²) in [5.41, 5.74) is 3.95. The van der Waals surface area contributed by atoms with Gasteiger partial charge in [0, 0.05) is 23.1 Å². The van der Waals surface area contributed by atoms with E-state index in [0.717, 1.165) is 27.5 Å². The highest BCUT2D eigenvalue weighted by Crippen LogP contribution is 2.23. The van der Waals surface area contributed by atoms with Gasteiger partial charge >= 0.3 is 0 Å². The molecule has 7 nitrogen and oxygen atoms in total. The van der Waals surface area contributed by atoms with E-state index in [1.165, 1.54) is 11.3 Å². The number of amides is 1. The maximum atomic E-state index is 12.6. The molecule has 0 bridgehead atoms. The molecule has 0 atom stereocenters. The van der Waals surface area contributed by atoms with Crippen LogP contribution in [0, 0.1) is 25.2 Å². The van der Waals surface area contributed by atoms with Crippen molar-refractivity contribution >= 4 is 22.4 Å². The number of hydrogen-bond donors (Lipinski definition) is 1. The average Bonchev–Trinajstić information content (AvgIpc) is 3.38. The molecule has 0 unspecified atom stereocenters. The van der Waals surface area contributed by atoms with Gasteiger partial charge < -0.3 is 9.26 Å². The molecule has 1 N–H and O–H groups in total. The topological polar surface area (TPSA) is 101 Å². The Morgan fingerprint density at radius 1 is 1.16 bits per heavy atom. The van der Waals surface area contributed by atoms with Crippen molar-refractivity contribution < 1.29 is 14.1 Å². The number of benzene rings is 2. The highest BCUT2D eigenvalue weighted by atomic mass is 32.1. The summed E-state index contributed by atoms with van der Waals surface area (Å²) in [5.74, 6) is 1.16. The van der Waals surface area contributed by atoms with Gasteiger partial charge in [-0.2, -0.15) is 5.26 Å². The Kier molecular flexibility index (Phi) is 6.29. The molecule has 1 amide bonds. The van der Waals surface area contributed by atoms with E-state index in [4.69, 9.17) is 14.5 Å². The summed E-state index contributed by atoms with van der Waals surface area (Å²) in [6, 6.07) is 16.5. The molecule has 32 heavy (non-hydrogen) atoms. The lowest BCUT2D eigenvalue weighted by atomic mass is 10.1. The number of rotatable bonds is 7. The van der Waals surface area contributed by atoms with Crippen molar-refractivity contribution in [2.75, 3.05) is 5.32 Å². The molecule has 4 aromatic rings. The Bertz CT molecular complexity index is 1250. The largest absolute Gasteiger partial charge is 0.489 e. The second-order valence-corrected chi connectivity index (χ2v) is 8.30. The zero-order valence-electron chi connectivity index (χ0n) is 17.6. The molecule has 0 fully saturated rings. The first-order valence-corrected chi connectivity index (χ1v) is 10.7. The SMILES string of the molecule is Cc1noc(C)c1COc1ccc(C(=O)Nc2ncc(Cc3ccc(C#N)cc3)s2)cc1. The van der Waals surface area contributed by atoms with Gasteiger partial charge in [0.15, 0.2) is 5.13 Å². The van der Waals surface area contributed by atoms with Gasteiger partial charge in [0.25, 0.3) is 5.91 Å². The van der Waals surface area contributed by atoms with E-state index in [0.29, 0.717) is 35.0 Å². The first-order chi connectivity index (χ1) is 15.5. The number of nitriles is 1. The number of carbonyl (C=O) groups is 1. The van der Waals surface area contributed by atoms with Crippen LogP contribution in [0.5, 0.6) is 5.75 Å². The number of hydrogen-bond acceptors (Lipinski definition) is 7. The summed E-state index contributed by atoms with van der Waals surface area (Å²) >= 11 is 1.43. The Labute approximate surface area is 189 Å². The number of nitrogens with zero attached hydrogens (tertiary/aromatic N) is 3. The van der Waals surface area contributed by atoms with E-state index < -0.39 is 0 Å². The second kappa shape index (κ2) is 9.45. The van der Waals surface area contributed by atoms with E-state index in [-0.39, 0.29) is 5.91 Å². The molecule has 0 saturated heterocycles. The monoisotopic (exact) mass is 444 g/mol. The minimum absolute atomic E-state index is 0.235. The van der Waals surface area contributed by atoms with Crippen LogP contribution in [0.4, 0.5) is 5.13 Å². The minimum Gasteiger partial charge on any atom is -0.489 e. The number of carbonyl (C=O) groups excluding carboxylic acids is 1. The molecule has 2 aromatic heterocycles. The lowest BCUT2D eigenvalue weighted by Crippen LogP contribution is -2.11. The van der Waals surface area contributed by atoms with Crippen molar-refractivity contribution in [2.24, 2.45) is 0 Å². The highest BCUT2D eigenvalue weighted by molar-refractivity contribution is 7.15. The summed E-state index contributed by atoms with van der Waals surface area (Å²) in [6.45, 7) is 4.07. The number of nitrogens with one attached hydrogen (secondary N) is 1. The van der Waals surface area contributed by atoms with Gasteiger partial charge in [-0.1, -0.05) is 17.3 Å². The van der Waals surface area contributed by atoms with Gasteiger partial charge in [0.05, 0.1) is 22.9 Å². The molecule has 0 saturated carbocycles. The van der Waals surface area contributed by atoms with Crippen molar-refractivity contribution in [3.05, 3.63) is 93.3 Å². The first-order valence-electron chi connectivity index (χ1n) is 9.91. The van der Waals surface area contributed by atoms with Crippen LogP contribution in [0.1, 0.15) is 43.4 Å². The normalized spacial score (nSPS) is 10.5. The van der Waals surface area contributed by atoms with Crippen molar-refractivity contribution in [3.8, 4) is 11.8 Å². The molecular formula is C24H20N4O3S.